The van der Waals surface area contributed by atoms with Gasteiger partial charge < -0.3 is 14.6 Å². The van der Waals surface area contributed by atoms with Crippen LogP contribution in [0.2, 0.25) is 5.02 Å². The third-order valence-corrected chi connectivity index (χ3v) is 3.83. The van der Waals surface area contributed by atoms with Crippen molar-refractivity contribution in [2.75, 3.05) is 20.3 Å². The first kappa shape index (κ1) is 14.9. The minimum Gasteiger partial charge on any atom is -0.486 e. The van der Waals surface area contributed by atoms with Crippen LogP contribution in [0.25, 0.3) is 0 Å². The van der Waals surface area contributed by atoms with Crippen LogP contribution in [-0.4, -0.2) is 41.8 Å². The Kier molecular flexibility index (Phi) is 4.11. The molecule has 5 nitrogen and oxygen atoms in total. The Labute approximate surface area is 123 Å². The number of nitrogens with zero attached hydrogens (tertiary/aromatic N) is 1. The van der Waals surface area contributed by atoms with E-state index in [1.807, 2.05) is 6.07 Å². The summed E-state index contributed by atoms with van der Waals surface area (Å²) in [5.41, 5.74) is -0.0733. The van der Waals surface area contributed by atoms with Crippen molar-refractivity contribution in [3.8, 4) is 11.5 Å². The van der Waals surface area contributed by atoms with E-state index in [2.05, 4.69) is 0 Å². The maximum absolute atomic E-state index is 11.2. The van der Waals surface area contributed by atoms with Gasteiger partial charge in [-0.25, -0.2) is 0 Å². The summed E-state index contributed by atoms with van der Waals surface area (Å²) in [6.07, 6.45) is 0. The highest BCUT2D eigenvalue weighted by Gasteiger charge is 2.32. The number of benzene rings is 1. The quantitative estimate of drug-likeness (QED) is 0.925. The molecule has 1 aromatic carbocycles. The first-order valence-corrected chi connectivity index (χ1v) is 6.73. The summed E-state index contributed by atoms with van der Waals surface area (Å²) in [4.78, 5) is 13.0. The summed E-state index contributed by atoms with van der Waals surface area (Å²) >= 11 is 6.17. The summed E-state index contributed by atoms with van der Waals surface area (Å²) < 4.78 is 11.0. The SMILES string of the molecule is CN(Cc1cc(Cl)c2c(c1)OCCO2)C(C)(C)C(=O)O. The van der Waals surface area contributed by atoms with Crippen molar-refractivity contribution in [2.24, 2.45) is 0 Å². The standard InChI is InChI=1S/C14H18ClNO4/c1-14(2,13(17)18)16(3)8-9-6-10(15)12-11(7-9)19-4-5-20-12/h6-7H,4-5,8H2,1-3H3,(H,17,18). The normalized spacial score (nSPS) is 14.4. The van der Waals surface area contributed by atoms with Gasteiger partial charge in [0.1, 0.15) is 18.8 Å². The molecular weight excluding hydrogens is 282 g/mol. The molecule has 0 spiro atoms. The van der Waals surface area contributed by atoms with Gasteiger partial charge in [-0.2, -0.15) is 0 Å². The van der Waals surface area contributed by atoms with E-state index < -0.39 is 11.5 Å². The number of likely N-dealkylation sites (N-methyl/N-ethyl adjacent to an activating group) is 1. The molecule has 0 radical (unpaired) electrons. The Morgan fingerprint density at radius 2 is 2.05 bits per heavy atom. The largest absolute Gasteiger partial charge is 0.486 e. The van der Waals surface area contributed by atoms with E-state index in [1.165, 1.54) is 0 Å². The van der Waals surface area contributed by atoms with Crippen molar-refractivity contribution in [1.29, 1.82) is 0 Å². The van der Waals surface area contributed by atoms with Crippen molar-refractivity contribution in [3.63, 3.8) is 0 Å². The highest BCUT2D eigenvalue weighted by atomic mass is 35.5. The molecule has 1 aliphatic heterocycles. The fraction of sp³-hybridized carbons (Fsp3) is 0.500. The second-order valence-electron chi connectivity index (χ2n) is 5.32. The van der Waals surface area contributed by atoms with Crippen LogP contribution in [0.1, 0.15) is 19.4 Å². The van der Waals surface area contributed by atoms with Crippen LogP contribution in [0, 0.1) is 0 Å². The minimum absolute atomic E-state index is 0.454. The molecule has 0 bridgehead atoms. The molecule has 0 aromatic heterocycles. The second-order valence-corrected chi connectivity index (χ2v) is 5.73. The van der Waals surface area contributed by atoms with Gasteiger partial charge in [0.15, 0.2) is 11.5 Å². The average Bonchev–Trinajstić information content (AvgIpc) is 2.38. The summed E-state index contributed by atoms with van der Waals surface area (Å²) in [5, 5.41) is 9.71. The van der Waals surface area contributed by atoms with Gasteiger partial charge in [0.05, 0.1) is 5.02 Å². The summed E-state index contributed by atoms with van der Waals surface area (Å²) in [7, 11) is 1.76. The number of aliphatic carboxylic acids is 1. The molecule has 110 valence electrons. The van der Waals surface area contributed by atoms with Gasteiger partial charge in [-0.1, -0.05) is 11.6 Å². The molecule has 6 heteroatoms. The maximum Gasteiger partial charge on any atom is 0.323 e. The van der Waals surface area contributed by atoms with Crippen LogP contribution < -0.4 is 9.47 Å². The zero-order valence-electron chi connectivity index (χ0n) is 11.8. The van der Waals surface area contributed by atoms with Crippen molar-refractivity contribution in [1.82, 2.24) is 4.90 Å². The lowest BCUT2D eigenvalue weighted by Gasteiger charge is -2.31. The van der Waals surface area contributed by atoms with Crippen molar-refractivity contribution < 1.29 is 19.4 Å². The Morgan fingerprint density at radius 3 is 2.70 bits per heavy atom. The molecule has 0 saturated heterocycles. The van der Waals surface area contributed by atoms with Gasteiger partial charge in [-0.05, 0) is 38.6 Å². The first-order chi connectivity index (χ1) is 9.32. The number of hydrogen-bond acceptors (Lipinski definition) is 4. The maximum atomic E-state index is 11.2. The zero-order chi connectivity index (χ0) is 14.9. The van der Waals surface area contributed by atoms with E-state index >= 15 is 0 Å². The number of ether oxygens (including phenoxy) is 2. The third kappa shape index (κ3) is 2.83. The van der Waals surface area contributed by atoms with E-state index in [-0.39, 0.29) is 0 Å². The first-order valence-electron chi connectivity index (χ1n) is 6.35. The molecule has 0 unspecified atom stereocenters. The van der Waals surface area contributed by atoms with E-state index in [0.717, 1.165) is 5.56 Å². The number of carboxylic acids is 1. The number of halogens is 1. The van der Waals surface area contributed by atoms with Crippen molar-refractivity contribution >= 4 is 17.6 Å². The molecule has 1 N–H and O–H groups in total. The fourth-order valence-electron chi connectivity index (χ4n) is 1.89. The van der Waals surface area contributed by atoms with E-state index in [0.29, 0.717) is 36.3 Å². The lowest BCUT2D eigenvalue weighted by atomic mass is 10.0. The molecule has 20 heavy (non-hydrogen) atoms. The van der Waals surface area contributed by atoms with Crippen molar-refractivity contribution in [3.05, 3.63) is 22.7 Å². The average molecular weight is 300 g/mol. The van der Waals surface area contributed by atoms with Crippen LogP contribution >= 0.6 is 11.6 Å². The highest BCUT2D eigenvalue weighted by Crippen LogP contribution is 2.38. The van der Waals surface area contributed by atoms with Gasteiger partial charge in [0, 0.05) is 6.54 Å². The molecule has 1 heterocycles. The minimum atomic E-state index is -0.959. The Bertz CT molecular complexity index is 530. The predicted octanol–water partition coefficient (Wildman–Crippen LogP) is 2.41. The van der Waals surface area contributed by atoms with Gasteiger partial charge in [-0.15, -0.1) is 0 Å². The van der Waals surface area contributed by atoms with Gasteiger partial charge in [0.25, 0.3) is 0 Å². The van der Waals surface area contributed by atoms with Crippen LogP contribution in [-0.2, 0) is 11.3 Å². The van der Waals surface area contributed by atoms with Gasteiger partial charge in [-0.3, -0.25) is 9.69 Å². The Morgan fingerprint density at radius 1 is 1.40 bits per heavy atom. The molecule has 1 aliphatic rings. The van der Waals surface area contributed by atoms with Crippen LogP contribution in [0.5, 0.6) is 11.5 Å². The molecule has 2 rings (SSSR count). The fourth-order valence-corrected chi connectivity index (χ4v) is 2.18. The van der Waals surface area contributed by atoms with Crippen LogP contribution in [0.15, 0.2) is 12.1 Å². The van der Waals surface area contributed by atoms with Crippen molar-refractivity contribution in [2.45, 2.75) is 25.9 Å². The smallest absolute Gasteiger partial charge is 0.323 e. The summed E-state index contributed by atoms with van der Waals surface area (Å²) in [5.74, 6) is 0.297. The van der Waals surface area contributed by atoms with E-state index in [9.17, 15) is 9.90 Å². The molecular formula is C14H18ClNO4. The number of carbonyl (C=O) groups is 1. The van der Waals surface area contributed by atoms with E-state index in [1.54, 1.807) is 31.9 Å². The molecule has 0 saturated carbocycles. The topological polar surface area (TPSA) is 59.0 Å². The zero-order valence-corrected chi connectivity index (χ0v) is 12.5. The second kappa shape index (κ2) is 5.50. The van der Waals surface area contributed by atoms with E-state index in [4.69, 9.17) is 21.1 Å². The van der Waals surface area contributed by atoms with Gasteiger partial charge >= 0.3 is 5.97 Å². The number of carboxylic acid groups (broad SMARTS) is 1. The lowest BCUT2D eigenvalue weighted by Crippen LogP contribution is -2.47. The third-order valence-electron chi connectivity index (χ3n) is 3.55. The lowest BCUT2D eigenvalue weighted by molar-refractivity contribution is -0.148. The van der Waals surface area contributed by atoms with Crippen LogP contribution in [0.4, 0.5) is 0 Å². The molecule has 0 fully saturated rings. The summed E-state index contributed by atoms with van der Waals surface area (Å²) in [6, 6.07) is 3.62. The Balaban J connectivity index is 2.22. The number of hydrogen-bond donors (Lipinski definition) is 1. The molecule has 0 aliphatic carbocycles. The molecule has 0 amide bonds. The molecule has 0 atom stereocenters. The summed E-state index contributed by atoms with van der Waals surface area (Å²) in [6.45, 7) is 4.75. The number of fused-ring (bicyclic) bond motifs is 1. The van der Waals surface area contributed by atoms with Gasteiger partial charge in [0.2, 0.25) is 0 Å². The number of rotatable bonds is 4. The molecule has 1 aromatic rings. The Hall–Kier alpha value is -1.46. The van der Waals surface area contributed by atoms with Crippen LogP contribution in [0.3, 0.4) is 0 Å². The predicted molar refractivity (Wildman–Crippen MR) is 75.6 cm³/mol. The highest BCUT2D eigenvalue weighted by molar-refractivity contribution is 6.32. The monoisotopic (exact) mass is 299 g/mol.